The van der Waals surface area contributed by atoms with Gasteiger partial charge in [0, 0.05) is 0 Å². The van der Waals surface area contributed by atoms with E-state index in [1.165, 1.54) is 19.5 Å². The standard InChI is InChI=1S/C5H11N.H4P2/c1-5-2-3-6-4-5;1-2/h5-6H,2-4H2,1H3;1-2H2/t5-;/m1./s1. The van der Waals surface area contributed by atoms with Crippen LogP contribution in [0.25, 0.3) is 0 Å². The second-order valence-electron chi connectivity index (χ2n) is 2.10. The molecule has 3 atom stereocenters. The van der Waals surface area contributed by atoms with Crippen molar-refractivity contribution < 1.29 is 0 Å². The molecule has 0 amide bonds. The summed E-state index contributed by atoms with van der Waals surface area (Å²) in [4.78, 5) is 0. The Kier molecular flexibility index (Phi) is 6.56. The lowest BCUT2D eigenvalue weighted by atomic mass is 10.2. The van der Waals surface area contributed by atoms with Crippen LogP contribution in [-0.4, -0.2) is 13.1 Å². The van der Waals surface area contributed by atoms with Gasteiger partial charge in [-0.2, -0.15) is 0 Å². The van der Waals surface area contributed by atoms with Crippen LogP contribution in [0.1, 0.15) is 13.3 Å². The average Bonchev–Trinajstić information content (AvgIpc) is 2.24. The van der Waals surface area contributed by atoms with Crippen LogP contribution in [0.3, 0.4) is 0 Å². The molecule has 0 aromatic carbocycles. The highest BCUT2D eigenvalue weighted by atomic mass is 32.0. The van der Waals surface area contributed by atoms with Crippen LogP contribution in [0.5, 0.6) is 0 Å². The first-order valence-electron chi connectivity index (χ1n) is 2.93. The zero-order chi connectivity index (χ0) is 6.41. The molecule has 1 aliphatic heterocycles. The fourth-order valence-corrected chi connectivity index (χ4v) is 0.799. The van der Waals surface area contributed by atoms with Crippen LogP contribution in [0.2, 0.25) is 0 Å². The van der Waals surface area contributed by atoms with E-state index >= 15 is 0 Å². The number of hydrogen-bond donors (Lipinski definition) is 1. The van der Waals surface area contributed by atoms with Crippen molar-refractivity contribution in [1.82, 2.24) is 5.32 Å². The van der Waals surface area contributed by atoms with Crippen molar-refractivity contribution in [2.45, 2.75) is 13.3 Å². The Morgan fingerprint density at radius 3 is 2.25 bits per heavy atom. The van der Waals surface area contributed by atoms with Crippen LogP contribution in [0, 0.1) is 5.92 Å². The molecule has 0 spiro atoms. The quantitative estimate of drug-likeness (QED) is 0.514. The summed E-state index contributed by atoms with van der Waals surface area (Å²) in [6.45, 7) is 4.75. The van der Waals surface area contributed by atoms with Gasteiger partial charge in [-0.3, -0.25) is 0 Å². The zero-order valence-electron chi connectivity index (χ0n) is 5.35. The molecule has 3 heteroatoms. The molecule has 0 radical (unpaired) electrons. The summed E-state index contributed by atoms with van der Waals surface area (Å²) < 4.78 is 0. The van der Waals surface area contributed by atoms with Gasteiger partial charge in [-0.15, -0.1) is 17.9 Å². The lowest BCUT2D eigenvalue weighted by Gasteiger charge is -1.90. The molecule has 1 fully saturated rings. The summed E-state index contributed by atoms with van der Waals surface area (Å²) in [6, 6.07) is 0. The Labute approximate surface area is 56.3 Å². The smallest absolute Gasteiger partial charge is 0.00227 e. The molecule has 1 rings (SSSR count). The van der Waals surface area contributed by atoms with Crippen molar-refractivity contribution in [3.63, 3.8) is 0 Å². The molecule has 1 N–H and O–H groups in total. The van der Waals surface area contributed by atoms with Crippen LogP contribution in [-0.2, 0) is 0 Å². The topological polar surface area (TPSA) is 12.0 Å². The number of rotatable bonds is 0. The minimum absolute atomic E-state index is 0.935. The van der Waals surface area contributed by atoms with E-state index in [-0.39, 0.29) is 0 Å². The first-order valence-corrected chi connectivity index (χ1v) is 5.60. The monoisotopic (exact) mass is 151 g/mol. The fraction of sp³-hybridized carbons (Fsp3) is 1.00. The summed E-state index contributed by atoms with van der Waals surface area (Å²) in [5.74, 6) is 0.935. The lowest BCUT2D eigenvalue weighted by Crippen LogP contribution is -2.06. The van der Waals surface area contributed by atoms with Gasteiger partial charge in [0.1, 0.15) is 0 Å². The summed E-state index contributed by atoms with van der Waals surface area (Å²) >= 11 is 0. The fourth-order valence-electron chi connectivity index (χ4n) is 0.799. The van der Waals surface area contributed by atoms with Gasteiger partial charge in [0.2, 0.25) is 0 Å². The van der Waals surface area contributed by atoms with Gasteiger partial charge in [0.25, 0.3) is 0 Å². The molecule has 1 saturated heterocycles. The first-order chi connectivity index (χ1) is 3.89. The van der Waals surface area contributed by atoms with Gasteiger partial charge in [-0.1, -0.05) is 6.92 Å². The van der Waals surface area contributed by atoms with Gasteiger partial charge in [0.05, 0.1) is 0 Å². The maximum Gasteiger partial charge on any atom is -0.00227 e. The molecular weight excluding hydrogens is 136 g/mol. The van der Waals surface area contributed by atoms with Crippen LogP contribution >= 0.6 is 17.9 Å². The summed E-state index contributed by atoms with van der Waals surface area (Å²) in [5, 5.41) is 3.27. The molecule has 2 unspecified atom stereocenters. The van der Waals surface area contributed by atoms with Crippen molar-refractivity contribution in [3.8, 4) is 0 Å². The third-order valence-corrected chi connectivity index (χ3v) is 1.31. The Morgan fingerprint density at radius 2 is 2.12 bits per heavy atom. The molecular formula is C5H15NP2. The lowest BCUT2D eigenvalue weighted by molar-refractivity contribution is 0.651. The normalized spacial score (nSPS) is 26.6. The Balaban J connectivity index is 0.000000222. The molecule has 8 heavy (non-hydrogen) atoms. The average molecular weight is 151 g/mol. The second-order valence-corrected chi connectivity index (χ2v) is 2.10. The summed E-state index contributed by atoms with van der Waals surface area (Å²) in [7, 11) is 4.67. The van der Waals surface area contributed by atoms with Crippen molar-refractivity contribution in [2.75, 3.05) is 13.1 Å². The zero-order valence-corrected chi connectivity index (χ0v) is 7.66. The van der Waals surface area contributed by atoms with Gasteiger partial charge < -0.3 is 5.32 Å². The van der Waals surface area contributed by atoms with Crippen molar-refractivity contribution in [3.05, 3.63) is 0 Å². The highest BCUT2D eigenvalue weighted by Gasteiger charge is 2.06. The number of hydrogen-bond acceptors (Lipinski definition) is 1. The molecule has 0 bridgehead atoms. The Hall–Kier alpha value is 0.820. The second kappa shape index (κ2) is 5.95. The van der Waals surface area contributed by atoms with Gasteiger partial charge in [-0.05, 0) is 25.4 Å². The maximum atomic E-state index is 3.27. The van der Waals surface area contributed by atoms with Crippen LogP contribution in [0.4, 0.5) is 0 Å². The summed E-state index contributed by atoms with van der Waals surface area (Å²) in [6.07, 6.45) is 1.38. The molecule has 50 valence electrons. The van der Waals surface area contributed by atoms with Gasteiger partial charge in [0.15, 0.2) is 0 Å². The van der Waals surface area contributed by atoms with E-state index in [9.17, 15) is 0 Å². The minimum atomic E-state index is 0.935. The van der Waals surface area contributed by atoms with Crippen molar-refractivity contribution in [1.29, 1.82) is 0 Å². The SMILES string of the molecule is C[C@@H]1CCNC1.PP. The van der Waals surface area contributed by atoms with Crippen molar-refractivity contribution in [2.24, 2.45) is 5.92 Å². The first kappa shape index (κ1) is 8.82. The molecule has 1 aliphatic rings. The molecule has 0 aromatic rings. The van der Waals surface area contributed by atoms with Crippen LogP contribution < -0.4 is 5.32 Å². The minimum Gasteiger partial charge on any atom is -0.316 e. The van der Waals surface area contributed by atoms with E-state index in [1.807, 2.05) is 0 Å². The van der Waals surface area contributed by atoms with E-state index in [1.54, 1.807) is 0 Å². The molecule has 1 nitrogen and oxygen atoms in total. The van der Waals surface area contributed by atoms with E-state index < -0.39 is 0 Å². The maximum absolute atomic E-state index is 3.27. The van der Waals surface area contributed by atoms with Gasteiger partial charge >= 0.3 is 0 Å². The third kappa shape index (κ3) is 3.78. The predicted octanol–water partition coefficient (Wildman–Crippen LogP) is 1.27. The van der Waals surface area contributed by atoms with Gasteiger partial charge in [-0.25, -0.2) is 0 Å². The summed E-state index contributed by atoms with van der Waals surface area (Å²) in [5.41, 5.74) is 0. The third-order valence-electron chi connectivity index (χ3n) is 1.31. The molecule has 0 aromatic heterocycles. The van der Waals surface area contributed by atoms with Crippen LogP contribution in [0.15, 0.2) is 0 Å². The Morgan fingerprint density at radius 1 is 1.50 bits per heavy atom. The van der Waals surface area contributed by atoms with Crippen molar-refractivity contribution >= 4 is 17.9 Å². The van der Waals surface area contributed by atoms with E-state index in [4.69, 9.17) is 0 Å². The molecule has 0 aliphatic carbocycles. The molecule has 1 heterocycles. The van der Waals surface area contributed by atoms with E-state index in [0.717, 1.165) is 5.92 Å². The highest BCUT2D eigenvalue weighted by molar-refractivity contribution is 7.92. The predicted molar refractivity (Wildman–Crippen MR) is 46.1 cm³/mol. The largest absolute Gasteiger partial charge is 0.316 e. The number of nitrogens with one attached hydrogen (secondary N) is 1. The molecule has 0 saturated carbocycles. The van der Waals surface area contributed by atoms with E-state index in [2.05, 4.69) is 30.1 Å². The van der Waals surface area contributed by atoms with E-state index in [0.29, 0.717) is 0 Å². The Bertz CT molecular complexity index is 43.7. The highest BCUT2D eigenvalue weighted by Crippen LogP contribution is 2.03.